The molecule has 0 saturated carbocycles. The van der Waals surface area contributed by atoms with E-state index in [2.05, 4.69) is 46.9 Å². The first-order valence-corrected chi connectivity index (χ1v) is 12.5. The molecule has 0 spiro atoms. The maximum absolute atomic E-state index is 15.0. The zero-order chi connectivity index (χ0) is 25.7. The summed E-state index contributed by atoms with van der Waals surface area (Å²) >= 11 is 6.14. The fourth-order valence-corrected chi connectivity index (χ4v) is 4.79. The van der Waals surface area contributed by atoms with E-state index >= 15 is 4.39 Å². The number of pyridine rings is 1. The summed E-state index contributed by atoms with van der Waals surface area (Å²) < 4.78 is 20.8. The SMILES string of the molecule is CC(C)(C)c1cc(CN2C(=O)COc3c(F)cc(/C=C4/SC(=S)NC4=O)cc32)cc(C(C)(C)C)n1. The van der Waals surface area contributed by atoms with Gasteiger partial charge < -0.3 is 15.0 Å². The highest BCUT2D eigenvalue weighted by Gasteiger charge is 2.31. The largest absolute Gasteiger partial charge is 0.478 e. The summed E-state index contributed by atoms with van der Waals surface area (Å²) in [6.45, 7) is 12.6. The van der Waals surface area contributed by atoms with Gasteiger partial charge in [0.25, 0.3) is 11.8 Å². The standard InChI is InChI=1S/C26H28FN3O3S2/c1-25(2,3)19-10-15(11-20(28-19)26(4,5)6)12-30-17-8-14(9-18-23(32)29-24(34)35-18)7-16(27)22(17)33-13-21(30)31/h7-11H,12-13H2,1-6H3,(H,29,32,34)/b18-9+. The summed E-state index contributed by atoms with van der Waals surface area (Å²) in [6.07, 6.45) is 1.56. The maximum atomic E-state index is 15.0. The number of thiocarbonyl (C=S) groups is 1. The van der Waals surface area contributed by atoms with Gasteiger partial charge in [-0.05, 0) is 41.5 Å². The molecule has 0 unspecified atom stereocenters. The first-order valence-electron chi connectivity index (χ1n) is 11.3. The van der Waals surface area contributed by atoms with E-state index in [9.17, 15) is 9.59 Å². The maximum Gasteiger partial charge on any atom is 0.265 e. The highest BCUT2D eigenvalue weighted by molar-refractivity contribution is 8.26. The van der Waals surface area contributed by atoms with Gasteiger partial charge in [0.2, 0.25) is 0 Å². The third-order valence-electron chi connectivity index (χ3n) is 5.68. The number of nitrogens with one attached hydrogen (secondary N) is 1. The zero-order valence-electron chi connectivity index (χ0n) is 20.6. The molecule has 4 rings (SSSR count). The Kier molecular flexibility index (Phi) is 6.53. The topological polar surface area (TPSA) is 71.5 Å². The van der Waals surface area contributed by atoms with Crippen molar-refractivity contribution >= 4 is 51.9 Å². The number of carbonyl (C=O) groups is 2. The molecule has 1 saturated heterocycles. The van der Waals surface area contributed by atoms with Crippen molar-refractivity contribution in [2.24, 2.45) is 0 Å². The third kappa shape index (κ3) is 5.41. The highest BCUT2D eigenvalue weighted by Crippen LogP contribution is 2.38. The molecule has 1 aromatic carbocycles. The number of thioether (sulfide) groups is 1. The van der Waals surface area contributed by atoms with Gasteiger partial charge in [0.15, 0.2) is 18.2 Å². The van der Waals surface area contributed by atoms with Crippen molar-refractivity contribution in [3.05, 3.63) is 57.5 Å². The van der Waals surface area contributed by atoms with Crippen LogP contribution in [0.2, 0.25) is 0 Å². The van der Waals surface area contributed by atoms with Gasteiger partial charge >= 0.3 is 0 Å². The normalized spacial score (nSPS) is 17.5. The van der Waals surface area contributed by atoms with Crippen LogP contribution in [0.1, 0.15) is 64.1 Å². The van der Waals surface area contributed by atoms with Crippen LogP contribution in [-0.4, -0.2) is 27.7 Å². The van der Waals surface area contributed by atoms with E-state index in [0.717, 1.165) is 28.7 Å². The Morgan fingerprint density at radius 2 is 1.74 bits per heavy atom. The average Bonchev–Trinajstić information content (AvgIpc) is 3.05. The number of ether oxygens (including phenoxy) is 1. The van der Waals surface area contributed by atoms with E-state index in [1.807, 2.05) is 12.1 Å². The van der Waals surface area contributed by atoms with Crippen LogP contribution >= 0.6 is 24.0 Å². The quantitative estimate of drug-likeness (QED) is 0.448. The Morgan fingerprint density at radius 3 is 2.29 bits per heavy atom. The lowest BCUT2D eigenvalue weighted by atomic mass is 9.86. The van der Waals surface area contributed by atoms with E-state index in [-0.39, 0.29) is 41.5 Å². The first-order chi connectivity index (χ1) is 16.2. The van der Waals surface area contributed by atoms with Crippen LogP contribution in [0.5, 0.6) is 5.75 Å². The molecule has 6 nitrogen and oxygen atoms in total. The van der Waals surface area contributed by atoms with Gasteiger partial charge in [0.05, 0.1) is 17.1 Å². The van der Waals surface area contributed by atoms with Crippen molar-refractivity contribution in [1.82, 2.24) is 10.3 Å². The van der Waals surface area contributed by atoms with Gasteiger partial charge in [-0.15, -0.1) is 0 Å². The average molecular weight is 514 g/mol. The molecule has 2 aromatic rings. The molecule has 1 N–H and O–H groups in total. The summed E-state index contributed by atoms with van der Waals surface area (Å²) in [5.41, 5.74) is 3.13. The van der Waals surface area contributed by atoms with Crippen molar-refractivity contribution in [3.63, 3.8) is 0 Å². The molecule has 0 radical (unpaired) electrons. The summed E-state index contributed by atoms with van der Waals surface area (Å²) in [6, 6.07) is 6.95. The number of rotatable bonds is 3. The Bertz CT molecular complexity index is 1240. The van der Waals surface area contributed by atoms with Gasteiger partial charge in [0.1, 0.15) is 4.32 Å². The van der Waals surface area contributed by atoms with E-state index in [0.29, 0.717) is 20.5 Å². The van der Waals surface area contributed by atoms with Crippen molar-refractivity contribution in [2.45, 2.75) is 58.9 Å². The number of hydrogen-bond donors (Lipinski definition) is 1. The molecular weight excluding hydrogens is 485 g/mol. The molecule has 9 heteroatoms. The van der Waals surface area contributed by atoms with E-state index in [1.165, 1.54) is 11.0 Å². The third-order valence-corrected chi connectivity index (χ3v) is 6.84. The molecule has 2 aliphatic heterocycles. The summed E-state index contributed by atoms with van der Waals surface area (Å²) in [4.78, 5) is 31.8. The number of amides is 2. The minimum absolute atomic E-state index is 0.0203. The lowest BCUT2D eigenvalue weighted by molar-refractivity contribution is -0.121. The molecule has 184 valence electrons. The van der Waals surface area contributed by atoms with Crippen LogP contribution in [-0.2, 0) is 27.0 Å². The molecule has 0 bridgehead atoms. The minimum Gasteiger partial charge on any atom is -0.478 e. The van der Waals surface area contributed by atoms with E-state index < -0.39 is 5.82 Å². The van der Waals surface area contributed by atoms with Crippen LogP contribution in [0.3, 0.4) is 0 Å². The lowest BCUT2D eigenvalue weighted by Crippen LogP contribution is -2.39. The number of fused-ring (bicyclic) bond motifs is 1. The van der Waals surface area contributed by atoms with Crippen molar-refractivity contribution in [2.75, 3.05) is 11.5 Å². The van der Waals surface area contributed by atoms with Crippen LogP contribution in [0.15, 0.2) is 29.2 Å². The number of hydrogen-bond acceptors (Lipinski definition) is 6. The molecule has 35 heavy (non-hydrogen) atoms. The molecule has 2 aliphatic rings. The van der Waals surface area contributed by atoms with Gasteiger partial charge in [0, 0.05) is 22.2 Å². The Balaban J connectivity index is 1.77. The van der Waals surface area contributed by atoms with Crippen LogP contribution < -0.4 is 15.0 Å². The predicted molar refractivity (Wildman–Crippen MR) is 141 cm³/mol. The van der Waals surface area contributed by atoms with Crippen LogP contribution in [0.4, 0.5) is 10.1 Å². The van der Waals surface area contributed by atoms with Gasteiger partial charge in [-0.3, -0.25) is 14.6 Å². The number of nitrogens with zero attached hydrogens (tertiary/aromatic N) is 2. The Hall–Kier alpha value is -2.78. The van der Waals surface area contributed by atoms with E-state index in [1.54, 1.807) is 12.1 Å². The fourth-order valence-electron chi connectivity index (χ4n) is 3.75. The predicted octanol–water partition coefficient (Wildman–Crippen LogP) is 5.23. The van der Waals surface area contributed by atoms with Gasteiger partial charge in [-0.2, -0.15) is 0 Å². The van der Waals surface area contributed by atoms with Crippen molar-refractivity contribution in [1.29, 1.82) is 0 Å². The monoisotopic (exact) mass is 513 g/mol. The zero-order valence-corrected chi connectivity index (χ0v) is 22.2. The van der Waals surface area contributed by atoms with E-state index in [4.69, 9.17) is 21.9 Å². The Morgan fingerprint density at radius 1 is 1.11 bits per heavy atom. The summed E-state index contributed by atoms with van der Waals surface area (Å²) in [5, 5.41) is 2.55. The highest BCUT2D eigenvalue weighted by atomic mass is 32.2. The van der Waals surface area contributed by atoms with Crippen molar-refractivity contribution in [3.8, 4) is 5.75 Å². The second kappa shape index (κ2) is 9.02. The molecule has 2 amide bonds. The second-order valence-electron chi connectivity index (χ2n) is 10.7. The second-order valence-corrected chi connectivity index (χ2v) is 12.4. The lowest BCUT2D eigenvalue weighted by Gasteiger charge is -2.31. The van der Waals surface area contributed by atoms with Gasteiger partial charge in [-0.1, -0.05) is 65.5 Å². The molecule has 1 aromatic heterocycles. The molecule has 3 heterocycles. The molecular formula is C26H28FN3O3S2. The number of benzene rings is 1. The number of carbonyl (C=O) groups excluding carboxylic acids is 2. The smallest absolute Gasteiger partial charge is 0.265 e. The minimum atomic E-state index is -0.599. The summed E-state index contributed by atoms with van der Waals surface area (Å²) in [5.74, 6) is -1.18. The molecule has 1 fully saturated rings. The number of anilines is 1. The number of aromatic nitrogens is 1. The molecule has 0 atom stereocenters. The van der Waals surface area contributed by atoms with Crippen LogP contribution in [0, 0.1) is 5.82 Å². The summed E-state index contributed by atoms with van der Waals surface area (Å²) in [7, 11) is 0. The fraction of sp³-hybridized carbons (Fsp3) is 0.385. The van der Waals surface area contributed by atoms with Gasteiger partial charge in [-0.25, -0.2) is 4.39 Å². The van der Waals surface area contributed by atoms with Crippen molar-refractivity contribution < 1.29 is 18.7 Å². The molecule has 0 aliphatic carbocycles. The Labute approximate surface area is 214 Å². The van der Waals surface area contributed by atoms with Crippen LogP contribution in [0.25, 0.3) is 6.08 Å². The number of halogens is 1. The first kappa shape index (κ1) is 25.3.